The van der Waals surface area contributed by atoms with E-state index in [1.807, 2.05) is 19.2 Å². The molecule has 1 rings (SSSR count). The lowest BCUT2D eigenvalue weighted by Gasteiger charge is -2.11. The molecule has 5 nitrogen and oxygen atoms in total. The summed E-state index contributed by atoms with van der Waals surface area (Å²) >= 11 is 0. The van der Waals surface area contributed by atoms with Crippen molar-refractivity contribution in [2.75, 3.05) is 7.11 Å². The molecule has 0 spiro atoms. The van der Waals surface area contributed by atoms with Crippen molar-refractivity contribution in [2.45, 2.75) is 13.8 Å². The van der Waals surface area contributed by atoms with Gasteiger partial charge in [-0.3, -0.25) is 10.1 Å². The molecule has 72 valence electrons. The van der Waals surface area contributed by atoms with Crippen LogP contribution in [-0.2, 0) is 9.53 Å². The van der Waals surface area contributed by atoms with Crippen LogP contribution in [0.2, 0.25) is 0 Å². The number of nitrogens with zero attached hydrogens (tertiary/aromatic N) is 1. The van der Waals surface area contributed by atoms with Gasteiger partial charge in [0.25, 0.3) is 5.91 Å². The Morgan fingerprint density at radius 2 is 1.92 bits per heavy atom. The van der Waals surface area contributed by atoms with Crippen molar-refractivity contribution in [2.24, 2.45) is 4.99 Å². The Balaban J connectivity index is 0.000000671. The number of hydrogen-bond donors (Lipinski definition) is 1. The zero-order valence-corrected chi connectivity index (χ0v) is 7.88. The SMILES string of the molecule is C=C1C(=O)NC(=O)N=C1OC.CC. The van der Waals surface area contributed by atoms with E-state index in [0.29, 0.717) is 0 Å². The number of hydrogen-bond acceptors (Lipinski definition) is 3. The average molecular weight is 184 g/mol. The molecule has 0 radical (unpaired) electrons. The average Bonchev–Trinajstić information content (AvgIpc) is 2.14. The molecule has 0 aliphatic carbocycles. The quantitative estimate of drug-likeness (QED) is 0.568. The highest BCUT2D eigenvalue weighted by Gasteiger charge is 2.22. The van der Waals surface area contributed by atoms with Gasteiger partial charge in [0.05, 0.1) is 12.7 Å². The number of imide groups is 1. The second kappa shape index (κ2) is 5.08. The molecule has 0 unspecified atom stereocenters. The number of aliphatic imine (C=N–C) groups is 1. The summed E-state index contributed by atoms with van der Waals surface area (Å²) in [6.45, 7) is 7.36. The van der Waals surface area contributed by atoms with Crippen LogP contribution in [0.25, 0.3) is 0 Å². The second-order valence-corrected chi connectivity index (χ2v) is 1.86. The van der Waals surface area contributed by atoms with Gasteiger partial charge in [-0.25, -0.2) is 4.79 Å². The first kappa shape index (κ1) is 11.4. The summed E-state index contributed by atoms with van der Waals surface area (Å²) in [5.41, 5.74) is 0.0621. The van der Waals surface area contributed by atoms with E-state index in [2.05, 4.69) is 16.3 Å². The van der Waals surface area contributed by atoms with Crippen molar-refractivity contribution >= 4 is 17.8 Å². The predicted octanol–water partition coefficient (Wildman–Crippen LogP) is 0.863. The van der Waals surface area contributed by atoms with Crippen molar-refractivity contribution in [1.29, 1.82) is 0 Å². The lowest BCUT2D eigenvalue weighted by atomic mass is 10.2. The third-order valence-corrected chi connectivity index (χ3v) is 1.15. The molecular formula is C8H12N2O3. The van der Waals surface area contributed by atoms with E-state index in [0.717, 1.165) is 0 Å². The van der Waals surface area contributed by atoms with Crippen LogP contribution >= 0.6 is 0 Å². The maximum absolute atomic E-state index is 10.8. The summed E-state index contributed by atoms with van der Waals surface area (Å²) in [6.07, 6.45) is 0. The van der Waals surface area contributed by atoms with Crippen LogP contribution in [-0.4, -0.2) is 24.9 Å². The summed E-state index contributed by atoms with van der Waals surface area (Å²) in [4.78, 5) is 24.7. The van der Waals surface area contributed by atoms with Crippen molar-refractivity contribution in [1.82, 2.24) is 5.32 Å². The first-order valence-electron chi connectivity index (χ1n) is 3.82. The molecule has 5 heteroatoms. The number of urea groups is 1. The van der Waals surface area contributed by atoms with E-state index in [1.54, 1.807) is 0 Å². The molecule has 0 aromatic rings. The smallest absolute Gasteiger partial charge is 0.351 e. The first-order valence-corrected chi connectivity index (χ1v) is 3.82. The fraction of sp³-hybridized carbons (Fsp3) is 0.375. The number of carbonyl (C=O) groups excluding carboxylic acids is 2. The van der Waals surface area contributed by atoms with Gasteiger partial charge in [-0.2, -0.15) is 4.99 Å². The van der Waals surface area contributed by atoms with Crippen LogP contribution in [0.15, 0.2) is 17.1 Å². The highest BCUT2D eigenvalue weighted by molar-refractivity contribution is 6.26. The van der Waals surface area contributed by atoms with Crippen LogP contribution in [0.3, 0.4) is 0 Å². The number of ether oxygens (including phenoxy) is 1. The molecule has 0 aromatic heterocycles. The van der Waals surface area contributed by atoms with Gasteiger partial charge in [0.15, 0.2) is 0 Å². The van der Waals surface area contributed by atoms with Crippen LogP contribution in [0, 0.1) is 0 Å². The highest BCUT2D eigenvalue weighted by Crippen LogP contribution is 2.02. The minimum atomic E-state index is -0.723. The topological polar surface area (TPSA) is 67.8 Å². The van der Waals surface area contributed by atoms with E-state index < -0.39 is 11.9 Å². The van der Waals surface area contributed by atoms with Crippen molar-refractivity contribution in [3.05, 3.63) is 12.2 Å². The summed E-state index contributed by atoms with van der Waals surface area (Å²) in [6, 6.07) is -0.723. The standard InChI is InChI=1S/C6H6N2O3.C2H6/c1-3-4(9)7-6(10)8-5(3)11-2;1-2/h1H2,2H3,(H,7,9,10);1-2H3. The van der Waals surface area contributed by atoms with Gasteiger partial charge in [-0.1, -0.05) is 20.4 Å². The van der Waals surface area contributed by atoms with Gasteiger partial charge >= 0.3 is 6.03 Å². The van der Waals surface area contributed by atoms with E-state index >= 15 is 0 Å². The zero-order chi connectivity index (χ0) is 10.4. The molecule has 13 heavy (non-hydrogen) atoms. The Kier molecular flexibility index (Phi) is 4.43. The molecular weight excluding hydrogens is 172 g/mol. The molecule has 0 saturated heterocycles. The van der Waals surface area contributed by atoms with Crippen LogP contribution in [0.1, 0.15) is 13.8 Å². The molecule has 0 saturated carbocycles. The molecule has 0 fully saturated rings. The van der Waals surface area contributed by atoms with Gasteiger partial charge in [0.2, 0.25) is 5.90 Å². The van der Waals surface area contributed by atoms with Gasteiger partial charge in [0.1, 0.15) is 0 Å². The van der Waals surface area contributed by atoms with Gasteiger partial charge in [-0.15, -0.1) is 0 Å². The maximum atomic E-state index is 10.8. The Hall–Kier alpha value is -1.65. The maximum Gasteiger partial charge on any atom is 0.351 e. The Morgan fingerprint density at radius 3 is 2.38 bits per heavy atom. The fourth-order valence-corrected chi connectivity index (χ4v) is 0.626. The molecule has 1 aliphatic rings. The van der Waals surface area contributed by atoms with Crippen LogP contribution in [0.4, 0.5) is 4.79 Å². The highest BCUT2D eigenvalue weighted by atomic mass is 16.5. The Bertz CT molecular complexity index is 269. The Morgan fingerprint density at radius 1 is 1.38 bits per heavy atom. The molecule has 1 heterocycles. The number of rotatable bonds is 0. The summed E-state index contributed by atoms with van der Waals surface area (Å²) in [5.74, 6) is -0.597. The second-order valence-electron chi connectivity index (χ2n) is 1.86. The molecule has 0 aromatic carbocycles. The van der Waals surface area contributed by atoms with Crippen LogP contribution < -0.4 is 5.32 Å². The van der Waals surface area contributed by atoms with Gasteiger partial charge < -0.3 is 4.74 Å². The lowest BCUT2D eigenvalue weighted by molar-refractivity contribution is -0.116. The normalized spacial score (nSPS) is 15.3. The largest absolute Gasteiger partial charge is 0.480 e. The van der Waals surface area contributed by atoms with Crippen molar-refractivity contribution in [3.63, 3.8) is 0 Å². The fourth-order valence-electron chi connectivity index (χ4n) is 0.626. The molecule has 1 N–H and O–H groups in total. The van der Waals surface area contributed by atoms with E-state index in [9.17, 15) is 9.59 Å². The van der Waals surface area contributed by atoms with Crippen LogP contribution in [0.5, 0.6) is 0 Å². The third-order valence-electron chi connectivity index (χ3n) is 1.15. The van der Waals surface area contributed by atoms with Gasteiger partial charge in [-0.05, 0) is 0 Å². The van der Waals surface area contributed by atoms with Crippen molar-refractivity contribution < 1.29 is 14.3 Å². The summed E-state index contributed by atoms with van der Waals surface area (Å²) < 4.78 is 4.61. The first-order chi connectivity index (χ1) is 6.15. The number of amides is 3. The van der Waals surface area contributed by atoms with Gasteiger partial charge in [0, 0.05) is 0 Å². The predicted molar refractivity (Wildman–Crippen MR) is 48.5 cm³/mol. The summed E-state index contributed by atoms with van der Waals surface area (Å²) in [7, 11) is 1.32. The number of carbonyl (C=O) groups is 2. The van der Waals surface area contributed by atoms with E-state index in [4.69, 9.17) is 0 Å². The van der Waals surface area contributed by atoms with Crippen molar-refractivity contribution in [3.8, 4) is 0 Å². The Labute approximate surface area is 76.5 Å². The number of methoxy groups -OCH3 is 1. The third kappa shape index (κ3) is 2.70. The minimum absolute atomic E-state index is 0.0289. The zero-order valence-electron chi connectivity index (χ0n) is 7.88. The molecule has 3 amide bonds. The summed E-state index contributed by atoms with van der Waals surface area (Å²) in [5, 5.41) is 1.95. The molecule has 1 aliphatic heterocycles. The molecule has 0 atom stereocenters. The monoisotopic (exact) mass is 184 g/mol. The van der Waals surface area contributed by atoms with E-state index in [-0.39, 0.29) is 11.5 Å². The molecule has 0 bridgehead atoms. The minimum Gasteiger partial charge on any atom is -0.480 e. The lowest BCUT2D eigenvalue weighted by Crippen LogP contribution is -2.37. The number of nitrogens with one attached hydrogen (secondary N) is 1. The van der Waals surface area contributed by atoms with E-state index in [1.165, 1.54) is 7.11 Å².